The molecule has 7 nitrogen and oxygen atoms in total. The van der Waals surface area contributed by atoms with Crippen LogP contribution in [0.2, 0.25) is 0 Å². The Balaban J connectivity index is 1.50. The lowest BCUT2D eigenvalue weighted by atomic mass is 10.1. The minimum Gasteiger partial charge on any atom is -0.342 e. The highest BCUT2D eigenvalue weighted by atomic mass is 16.1. The number of benzene rings is 2. The topological polar surface area (TPSA) is 99.3 Å². The fraction of sp³-hybridized carbons (Fsp3) is 0.111. The predicted molar refractivity (Wildman–Crippen MR) is 93.8 cm³/mol. The van der Waals surface area contributed by atoms with Gasteiger partial charge in [-0.05, 0) is 30.7 Å². The van der Waals surface area contributed by atoms with E-state index in [0.29, 0.717) is 16.9 Å². The number of fused-ring (bicyclic) bond motifs is 1. The Hall–Kier alpha value is -3.48. The molecular formula is C18H16N6O. The van der Waals surface area contributed by atoms with Gasteiger partial charge in [0.2, 0.25) is 0 Å². The summed E-state index contributed by atoms with van der Waals surface area (Å²) in [6, 6.07) is 14.9. The Bertz CT molecular complexity index is 1020. The minimum atomic E-state index is -0.252. The van der Waals surface area contributed by atoms with E-state index >= 15 is 0 Å². The van der Waals surface area contributed by atoms with Crippen LogP contribution in [0.3, 0.4) is 0 Å². The third-order valence-electron chi connectivity index (χ3n) is 4.02. The second kappa shape index (κ2) is 6.20. The van der Waals surface area contributed by atoms with Gasteiger partial charge >= 0.3 is 0 Å². The number of nitrogens with one attached hydrogen (secondary N) is 3. The molecule has 0 spiro atoms. The molecule has 25 heavy (non-hydrogen) atoms. The molecule has 1 amide bonds. The molecule has 7 heteroatoms. The third-order valence-corrected chi connectivity index (χ3v) is 4.02. The summed E-state index contributed by atoms with van der Waals surface area (Å²) in [4.78, 5) is 20.1. The maximum atomic E-state index is 12.5. The number of amides is 1. The van der Waals surface area contributed by atoms with Crippen molar-refractivity contribution in [3.05, 3.63) is 66.1 Å². The van der Waals surface area contributed by atoms with Crippen LogP contribution in [0.15, 0.2) is 54.7 Å². The maximum Gasteiger partial charge on any atom is 0.251 e. The number of carbonyl (C=O) groups excluding carboxylic acids is 1. The first kappa shape index (κ1) is 15.1. The number of carbonyl (C=O) groups is 1. The van der Waals surface area contributed by atoms with Gasteiger partial charge in [-0.3, -0.25) is 4.79 Å². The average molecular weight is 332 g/mol. The number of H-pyrrole nitrogens is 2. The van der Waals surface area contributed by atoms with Crippen LogP contribution in [-0.4, -0.2) is 31.3 Å². The van der Waals surface area contributed by atoms with Crippen molar-refractivity contribution in [1.82, 2.24) is 30.7 Å². The lowest BCUT2D eigenvalue weighted by molar-refractivity contribution is 0.0938. The summed E-state index contributed by atoms with van der Waals surface area (Å²) in [6.45, 7) is 1.89. The first-order chi connectivity index (χ1) is 12.2. The molecule has 1 atom stereocenters. The van der Waals surface area contributed by atoms with Gasteiger partial charge in [-0.1, -0.05) is 30.3 Å². The Kier molecular flexibility index (Phi) is 3.74. The lowest BCUT2D eigenvalue weighted by Crippen LogP contribution is -2.27. The third kappa shape index (κ3) is 2.99. The fourth-order valence-corrected chi connectivity index (χ4v) is 2.65. The molecule has 1 unspecified atom stereocenters. The molecule has 0 aliphatic carbocycles. The zero-order valence-corrected chi connectivity index (χ0v) is 13.5. The van der Waals surface area contributed by atoms with Gasteiger partial charge in [0.05, 0.1) is 17.9 Å². The molecule has 0 radical (unpaired) electrons. The van der Waals surface area contributed by atoms with Crippen molar-refractivity contribution in [3.63, 3.8) is 0 Å². The number of rotatable bonds is 4. The van der Waals surface area contributed by atoms with Crippen molar-refractivity contribution < 1.29 is 4.79 Å². The highest BCUT2D eigenvalue weighted by Crippen LogP contribution is 2.19. The smallest absolute Gasteiger partial charge is 0.251 e. The Morgan fingerprint density at radius 2 is 1.88 bits per heavy atom. The molecule has 0 saturated heterocycles. The van der Waals surface area contributed by atoms with Crippen molar-refractivity contribution in [1.29, 1.82) is 0 Å². The first-order valence-electron chi connectivity index (χ1n) is 7.92. The Morgan fingerprint density at radius 1 is 1.08 bits per heavy atom. The highest BCUT2D eigenvalue weighted by Gasteiger charge is 2.15. The van der Waals surface area contributed by atoms with Crippen LogP contribution in [0.25, 0.3) is 22.3 Å². The molecule has 0 aliphatic rings. The van der Waals surface area contributed by atoms with Gasteiger partial charge in [-0.2, -0.15) is 15.4 Å². The molecule has 4 aromatic rings. The largest absolute Gasteiger partial charge is 0.342 e. The summed E-state index contributed by atoms with van der Waals surface area (Å²) in [6.07, 6.45) is 1.77. The molecule has 0 fully saturated rings. The van der Waals surface area contributed by atoms with Crippen molar-refractivity contribution in [3.8, 4) is 11.3 Å². The number of hydrogen-bond acceptors (Lipinski definition) is 4. The summed E-state index contributed by atoms with van der Waals surface area (Å²) in [5, 5.41) is 13.5. The van der Waals surface area contributed by atoms with E-state index in [9.17, 15) is 4.79 Å². The van der Waals surface area contributed by atoms with E-state index in [0.717, 1.165) is 16.8 Å². The van der Waals surface area contributed by atoms with E-state index in [-0.39, 0.29) is 11.9 Å². The van der Waals surface area contributed by atoms with E-state index in [1.54, 1.807) is 24.4 Å². The zero-order chi connectivity index (χ0) is 17.2. The Morgan fingerprint density at radius 3 is 2.72 bits per heavy atom. The molecule has 0 saturated carbocycles. The van der Waals surface area contributed by atoms with Gasteiger partial charge in [-0.25, -0.2) is 4.98 Å². The number of hydrogen-bond donors (Lipinski definition) is 3. The fourth-order valence-electron chi connectivity index (χ4n) is 2.65. The van der Waals surface area contributed by atoms with Crippen LogP contribution >= 0.6 is 0 Å². The van der Waals surface area contributed by atoms with Crippen molar-refractivity contribution in [2.45, 2.75) is 13.0 Å². The standard InChI is InChI=1S/C18H16N6O/c1-11(17-19-10-16(21-17)12-5-3-2-4-6-12)20-18(25)13-7-8-14-15(9-13)23-24-22-14/h2-11H,1H3,(H,19,21)(H,20,25)(H,22,23,24). The predicted octanol–water partition coefficient (Wildman–Crippen LogP) is 2.84. The van der Waals surface area contributed by atoms with Gasteiger partial charge in [0.1, 0.15) is 16.9 Å². The van der Waals surface area contributed by atoms with Crippen LogP contribution in [-0.2, 0) is 0 Å². The molecule has 4 rings (SSSR count). The molecule has 2 aromatic heterocycles. The SMILES string of the molecule is CC(NC(=O)c1ccc2n[nH]nc2c1)c1ncc(-c2ccccc2)[nH]1. The van der Waals surface area contributed by atoms with Gasteiger partial charge in [0.15, 0.2) is 0 Å². The highest BCUT2D eigenvalue weighted by molar-refractivity contribution is 5.97. The number of nitrogens with zero attached hydrogens (tertiary/aromatic N) is 3. The maximum absolute atomic E-state index is 12.5. The number of aromatic nitrogens is 5. The van der Waals surface area contributed by atoms with E-state index in [1.165, 1.54) is 0 Å². The zero-order valence-electron chi connectivity index (χ0n) is 13.5. The van der Waals surface area contributed by atoms with Crippen LogP contribution < -0.4 is 5.32 Å². The number of imidazole rings is 1. The molecule has 2 aromatic carbocycles. The second-order valence-corrected chi connectivity index (χ2v) is 5.77. The van der Waals surface area contributed by atoms with Gasteiger partial charge in [-0.15, -0.1) is 0 Å². The van der Waals surface area contributed by atoms with E-state index in [2.05, 4.69) is 30.7 Å². The Labute approximate surface area is 143 Å². The second-order valence-electron chi connectivity index (χ2n) is 5.77. The van der Waals surface area contributed by atoms with Crippen LogP contribution in [0.4, 0.5) is 0 Å². The van der Waals surface area contributed by atoms with Crippen molar-refractivity contribution in [2.24, 2.45) is 0 Å². The number of aromatic amines is 2. The van der Waals surface area contributed by atoms with Crippen molar-refractivity contribution in [2.75, 3.05) is 0 Å². The van der Waals surface area contributed by atoms with E-state index < -0.39 is 0 Å². The van der Waals surface area contributed by atoms with E-state index in [1.807, 2.05) is 37.3 Å². The van der Waals surface area contributed by atoms with Crippen LogP contribution in [0.5, 0.6) is 0 Å². The average Bonchev–Trinajstić information content (AvgIpc) is 3.31. The quantitative estimate of drug-likeness (QED) is 0.535. The molecule has 0 aliphatic heterocycles. The van der Waals surface area contributed by atoms with Crippen LogP contribution in [0.1, 0.15) is 29.1 Å². The molecular weight excluding hydrogens is 316 g/mol. The lowest BCUT2D eigenvalue weighted by Gasteiger charge is -2.11. The molecule has 0 bridgehead atoms. The summed E-state index contributed by atoms with van der Waals surface area (Å²) < 4.78 is 0. The molecule has 2 heterocycles. The van der Waals surface area contributed by atoms with E-state index in [4.69, 9.17) is 0 Å². The normalized spacial score (nSPS) is 12.2. The summed E-state index contributed by atoms with van der Waals surface area (Å²) >= 11 is 0. The van der Waals surface area contributed by atoms with Gasteiger partial charge < -0.3 is 10.3 Å². The summed E-state index contributed by atoms with van der Waals surface area (Å²) in [5.41, 5.74) is 3.88. The molecule has 3 N–H and O–H groups in total. The monoisotopic (exact) mass is 332 g/mol. The van der Waals surface area contributed by atoms with Crippen molar-refractivity contribution >= 4 is 16.9 Å². The van der Waals surface area contributed by atoms with Gasteiger partial charge in [0.25, 0.3) is 5.91 Å². The van der Waals surface area contributed by atoms with Crippen LogP contribution in [0, 0.1) is 0 Å². The van der Waals surface area contributed by atoms with Gasteiger partial charge in [0, 0.05) is 5.56 Å². The summed E-state index contributed by atoms with van der Waals surface area (Å²) in [7, 11) is 0. The minimum absolute atomic E-state index is 0.185. The first-order valence-corrected chi connectivity index (χ1v) is 7.92. The summed E-state index contributed by atoms with van der Waals surface area (Å²) in [5.74, 6) is 0.518. The molecule has 124 valence electrons.